The standard InChI is InChI=1S/C14H17NO3/c1-3-15-14(17)11(2)18-13(16)10-9-12-7-5-4-6-8-12/h4-11H,3H2,1-2H3,(H,15,17)/b10-9+/t11-/m1/s1. The van der Waals surface area contributed by atoms with Gasteiger partial charge in [-0.05, 0) is 25.5 Å². The second kappa shape index (κ2) is 7.27. The van der Waals surface area contributed by atoms with E-state index in [0.717, 1.165) is 5.56 Å². The Morgan fingerprint density at radius 2 is 2.00 bits per heavy atom. The molecule has 1 aromatic rings. The summed E-state index contributed by atoms with van der Waals surface area (Å²) in [5, 5.41) is 2.58. The average Bonchev–Trinajstić information content (AvgIpc) is 2.38. The van der Waals surface area contributed by atoms with Gasteiger partial charge in [0.1, 0.15) is 0 Å². The molecule has 4 heteroatoms. The molecule has 1 rings (SSSR count). The lowest BCUT2D eigenvalue weighted by Gasteiger charge is -2.10. The van der Waals surface area contributed by atoms with Gasteiger partial charge in [0.15, 0.2) is 6.10 Å². The Balaban J connectivity index is 2.47. The zero-order valence-electron chi connectivity index (χ0n) is 10.6. The van der Waals surface area contributed by atoms with Crippen molar-refractivity contribution in [1.29, 1.82) is 0 Å². The summed E-state index contributed by atoms with van der Waals surface area (Å²) in [6.45, 7) is 3.86. The molecule has 0 spiro atoms. The molecule has 1 atom stereocenters. The maximum absolute atomic E-state index is 11.4. The van der Waals surface area contributed by atoms with Crippen molar-refractivity contribution < 1.29 is 14.3 Å². The molecule has 0 saturated carbocycles. The fourth-order valence-corrected chi connectivity index (χ4v) is 1.31. The second-order valence-corrected chi connectivity index (χ2v) is 3.72. The van der Waals surface area contributed by atoms with Crippen molar-refractivity contribution in [3.63, 3.8) is 0 Å². The summed E-state index contributed by atoms with van der Waals surface area (Å²) >= 11 is 0. The normalized spacial score (nSPS) is 12.1. The van der Waals surface area contributed by atoms with E-state index in [1.807, 2.05) is 37.3 Å². The Morgan fingerprint density at radius 3 is 2.61 bits per heavy atom. The van der Waals surface area contributed by atoms with Crippen LogP contribution in [0.15, 0.2) is 36.4 Å². The number of hydrogen-bond donors (Lipinski definition) is 1. The van der Waals surface area contributed by atoms with Gasteiger partial charge in [-0.2, -0.15) is 0 Å². The topological polar surface area (TPSA) is 55.4 Å². The minimum absolute atomic E-state index is 0.293. The first kappa shape index (κ1) is 14.0. The fraction of sp³-hybridized carbons (Fsp3) is 0.286. The molecule has 1 N–H and O–H groups in total. The number of carbonyl (C=O) groups is 2. The van der Waals surface area contributed by atoms with Crippen molar-refractivity contribution in [1.82, 2.24) is 5.32 Å². The summed E-state index contributed by atoms with van der Waals surface area (Å²) in [5.74, 6) is -0.823. The molecule has 1 aromatic carbocycles. The van der Waals surface area contributed by atoms with Gasteiger partial charge in [0.05, 0.1) is 0 Å². The Hall–Kier alpha value is -2.10. The van der Waals surface area contributed by atoms with Gasteiger partial charge in [0, 0.05) is 12.6 Å². The lowest BCUT2D eigenvalue weighted by atomic mass is 10.2. The number of rotatable bonds is 5. The third-order valence-corrected chi connectivity index (χ3v) is 2.22. The number of benzene rings is 1. The summed E-state index contributed by atoms with van der Waals surface area (Å²) in [4.78, 5) is 22.8. The van der Waals surface area contributed by atoms with Crippen LogP contribution in [0, 0.1) is 0 Å². The SMILES string of the molecule is CCNC(=O)[C@@H](C)OC(=O)/C=C/c1ccccc1. The van der Waals surface area contributed by atoms with Gasteiger partial charge >= 0.3 is 5.97 Å². The van der Waals surface area contributed by atoms with Crippen LogP contribution in [0.5, 0.6) is 0 Å². The number of ether oxygens (including phenoxy) is 1. The van der Waals surface area contributed by atoms with Crippen LogP contribution in [0.4, 0.5) is 0 Å². The van der Waals surface area contributed by atoms with Crippen LogP contribution in [0.25, 0.3) is 6.08 Å². The van der Waals surface area contributed by atoms with E-state index < -0.39 is 12.1 Å². The molecule has 96 valence electrons. The molecule has 0 saturated heterocycles. The quantitative estimate of drug-likeness (QED) is 0.637. The van der Waals surface area contributed by atoms with E-state index in [0.29, 0.717) is 6.54 Å². The highest BCUT2D eigenvalue weighted by Crippen LogP contribution is 2.02. The van der Waals surface area contributed by atoms with Crippen LogP contribution in [0.3, 0.4) is 0 Å². The minimum atomic E-state index is -0.780. The largest absolute Gasteiger partial charge is 0.449 e. The van der Waals surface area contributed by atoms with Crippen LogP contribution < -0.4 is 5.32 Å². The van der Waals surface area contributed by atoms with Gasteiger partial charge in [0.25, 0.3) is 5.91 Å². The first-order chi connectivity index (χ1) is 8.63. The van der Waals surface area contributed by atoms with Crippen LogP contribution in [0.1, 0.15) is 19.4 Å². The minimum Gasteiger partial charge on any atom is -0.449 e. The summed E-state index contributed by atoms with van der Waals surface area (Å²) in [7, 11) is 0. The van der Waals surface area contributed by atoms with Crippen LogP contribution in [-0.4, -0.2) is 24.5 Å². The smallest absolute Gasteiger partial charge is 0.331 e. The molecule has 18 heavy (non-hydrogen) atoms. The number of esters is 1. The maximum atomic E-state index is 11.4. The van der Waals surface area contributed by atoms with Crippen LogP contribution >= 0.6 is 0 Å². The van der Waals surface area contributed by atoms with E-state index in [4.69, 9.17) is 4.74 Å². The molecule has 0 aliphatic rings. The van der Waals surface area contributed by atoms with Crippen molar-refractivity contribution in [3.05, 3.63) is 42.0 Å². The van der Waals surface area contributed by atoms with Crippen molar-refractivity contribution >= 4 is 18.0 Å². The number of hydrogen-bond acceptors (Lipinski definition) is 3. The number of amides is 1. The summed E-state index contributed by atoms with van der Waals surface area (Å²) in [5.41, 5.74) is 0.903. The second-order valence-electron chi connectivity index (χ2n) is 3.72. The van der Waals surface area contributed by atoms with Gasteiger partial charge in [0.2, 0.25) is 0 Å². The molecule has 1 amide bonds. The number of likely N-dealkylation sites (N-methyl/N-ethyl adjacent to an activating group) is 1. The fourth-order valence-electron chi connectivity index (χ4n) is 1.31. The number of nitrogens with one attached hydrogen (secondary N) is 1. The Labute approximate surface area is 107 Å². The van der Waals surface area contributed by atoms with Gasteiger partial charge in [-0.1, -0.05) is 30.3 Å². The Bertz CT molecular complexity index is 426. The zero-order valence-corrected chi connectivity index (χ0v) is 10.6. The lowest BCUT2D eigenvalue weighted by molar-refractivity contribution is -0.150. The van der Waals surface area contributed by atoms with Crippen molar-refractivity contribution in [3.8, 4) is 0 Å². The third kappa shape index (κ3) is 4.82. The molecule has 0 radical (unpaired) electrons. The van der Waals surface area contributed by atoms with E-state index in [1.165, 1.54) is 6.08 Å². The molecule has 0 heterocycles. The summed E-state index contributed by atoms with van der Waals surface area (Å²) in [6.07, 6.45) is 2.18. The maximum Gasteiger partial charge on any atom is 0.331 e. The molecular weight excluding hydrogens is 230 g/mol. The molecule has 0 fully saturated rings. The van der Waals surface area contributed by atoms with E-state index >= 15 is 0 Å². The Kier molecular flexibility index (Phi) is 5.64. The van der Waals surface area contributed by atoms with Crippen molar-refractivity contribution in [2.75, 3.05) is 6.54 Å². The highest BCUT2D eigenvalue weighted by Gasteiger charge is 2.14. The lowest BCUT2D eigenvalue weighted by Crippen LogP contribution is -2.35. The van der Waals surface area contributed by atoms with Gasteiger partial charge < -0.3 is 10.1 Å². The van der Waals surface area contributed by atoms with Crippen LogP contribution in [-0.2, 0) is 14.3 Å². The molecule has 0 unspecified atom stereocenters. The predicted molar refractivity (Wildman–Crippen MR) is 69.7 cm³/mol. The van der Waals surface area contributed by atoms with Gasteiger partial charge in [-0.3, -0.25) is 4.79 Å². The molecule has 0 aliphatic carbocycles. The highest BCUT2D eigenvalue weighted by molar-refractivity contribution is 5.90. The predicted octanol–water partition coefficient (Wildman–Crippen LogP) is 1.77. The first-order valence-corrected chi connectivity index (χ1v) is 5.85. The molecule has 0 aliphatic heterocycles. The third-order valence-electron chi connectivity index (χ3n) is 2.22. The average molecular weight is 247 g/mol. The van der Waals surface area contributed by atoms with E-state index in [9.17, 15) is 9.59 Å². The van der Waals surface area contributed by atoms with E-state index in [2.05, 4.69) is 5.32 Å². The van der Waals surface area contributed by atoms with Crippen molar-refractivity contribution in [2.45, 2.75) is 20.0 Å². The summed E-state index contributed by atoms with van der Waals surface area (Å²) < 4.78 is 4.95. The first-order valence-electron chi connectivity index (χ1n) is 5.85. The highest BCUT2D eigenvalue weighted by atomic mass is 16.5. The van der Waals surface area contributed by atoms with E-state index in [-0.39, 0.29) is 5.91 Å². The monoisotopic (exact) mass is 247 g/mol. The summed E-state index contributed by atoms with van der Waals surface area (Å²) in [6, 6.07) is 9.39. The molecule has 0 aromatic heterocycles. The van der Waals surface area contributed by atoms with Crippen LogP contribution in [0.2, 0.25) is 0 Å². The molecule has 4 nitrogen and oxygen atoms in total. The zero-order chi connectivity index (χ0) is 13.4. The van der Waals surface area contributed by atoms with E-state index in [1.54, 1.807) is 13.0 Å². The van der Waals surface area contributed by atoms with Crippen molar-refractivity contribution in [2.24, 2.45) is 0 Å². The van der Waals surface area contributed by atoms with Gasteiger partial charge in [-0.15, -0.1) is 0 Å². The number of carbonyl (C=O) groups excluding carboxylic acids is 2. The molecular formula is C14H17NO3. The molecule has 0 bridgehead atoms. The van der Waals surface area contributed by atoms with Gasteiger partial charge in [-0.25, -0.2) is 4.79 Å². The Morgan fingerprint density at radius 1 is 1.33 bits per heavy atom.